The van der Waals surface area contributed by atoms with Gasteiger partial charge in [-0.15, -0.1) is 11.3 Å². The Morgan fingerprint density at radius 3 is 3.05 bits per heavy atom. The molecule has 1 aromatic carbocycles. The quantitative estimate of drug-likeness (QED) is 0.856. The smallest absolute Gasteiger partial charge is 0.107 e. The van der Waals surface area contributed by atoms with Crippen molar-refractivity contribution >= 4 is 11.3 Å². The fraction of sp³-hybridized carbons (Fsp3) is 0.438. The summed E-state index contributed by atoms with van der Waals surface area (Å²) < 4.78 is 0. The number of rotatable bonds is 6. The fourth-order valence-corrected chi connectivity index (χ4v) is 3.12. The van der Waals surface area contributed by atoms with E-state index in [0.29, 0.717) is 0 Å². The van der Waals surface area contributed by atoms with Crippen molar-refractivity contribution in [1.82, 2.24) is 10.3 Å². The van der Waals surface area contributed by atoms with E-state index in [2.05, 4.69) is 34.7 Å². The van der Waals surface area contributed by atoms with Gasteiger partial charge in [0.05, 0.1) is 12.3 Å². The van der Waals surface area contributed by atoms with Gasteiger partial charge in [-0.1, -0.05) is 24.3 Å². The molecule has 0 radical (unpaired) electrons. The van der Waals surface area contributed by atoms with E-state index in [9.17, 15) is 5.11 Å². The van der Waals surface area contributed by atoms with Crippen LogP contribution < -0.4 is 5.32 Å². The summed E-state index contributed by atoms with van der Waals surface area (Å²) in [5, 5.41) is 16.1. The van der Waals surface area contributed by atoms with E-state index >= 15 is 0 Å². The molecule has 0 bridgehead atoms. The Bertz CT molecular complexity index is 577. The third-order valence-corrected chi connectivity index (χ3v) is 4.63. The molecular formula is C16H20N2OS. The van der Waals surface area contributed by atoms with E-state index < -0.39 is 0 Å². The maximum absolute atomic E-state index is 9.18. The second-order valence-electron chi connectivity index (χ2n) is 5.45. The van der Waals surface area contributed by atoms with Gasteiger partial charge >= 0.3 is 0 Å². The normalized spacial score (nSPS) is 16.3. The van der Waals surface area contributed by atoms with Crippen LogP contribution in [0.4, 0.5) is 0 Å². The summed E-state index contributed by atoms with van der Waals surface area (Å²) in [5.74, 6) is 0.735. The highest BCUT2D eigenvalue weighted by atomic mass is 32.1. The molecule has 1 aromatic heterocycles. The minimum absolute atomic E-state index is 0.0950. The summed E-state index contributed by atoms with van der Waals surface area (Å²) in [6.07, 6.45) is 2.61. The lowest BCUT2D eigenvalue weighted by Crippen LogP contribution is -2.18. The Kier molecular flexibility index (Phi) is 4.15. The summed E-state index contributed by atoms with van der Waals surface area (Å²) >= 11 is 1.75. The van der Waals surface area contributed by atoms with Gasteiger partial charge < -0.3 is 10.4 Å². The summed E-state index contributed by atoms with van der Waals surface area (Å²) in [6, 6.07) is 8.34. The van der Waals surface area contributed by atoms with Gasteiger partial charge in [-0.05, 0) is 30.9 Å². The maximum atomic E-state index is 9.18. The van der Waals surface area contributed by atoms with E-state index in [1.807, 2.05) is 12.1 Å². The highest BCUT2D eigenvalue weighted by Crippen LogP contribution is 2.40. The van der Waals surface area contributed by atoms with Crippen molar-refractivity contribution in [2.45, 2.75) is 44.9 Å². The molecule has 0 aliphatic heterocycles. The second-order valence-corrected chi connectivity index (χ2v) is 6.39. The first kappa shape index (κ1) is 13.7. The standard InChI is InChI=1S/C16H20N2OS/c1-11(14-4-2-3-12(7-14)9-19)17-8-16-18-15(10-20-16)13-5-6-13/h2-4,7,10-11,13,17,19H,5-6,8-9H2,1H3. The van der Waals surface area contributed by atoms with Crippen molar-refractivity contribution in [3.05, 3.63) is 51.5 Å². The number of aliphatic hydroxyl groups is 1. The molecule has 0 amide bonds. The highest BCUT2D eigenvalue weighted by Gasteiger charge is 2.25. The van der Waals surface area contributed by atoms with Crippen LogP contribution in [0.3, 0.4) is 0 Å². The Hall–Kier alpha value is -1.23. The third kappa shape index (κ3) is 3.26. The lowest BCUT2D eigenvalue weighted by atomic mass is 10.1. The SMILES string of the molecule is CC(NCc1nc(C2CC2)cs1)c1cccc(CO)c1. The van der Waals surface area contributed by atoms with Crippen LogP contribution in [-0.4, -0.2) is 10.1 Å². The predicted molar refractivity (Wildman–Crippen MR) is 81.7 cm³/mol. The number of aromatic nitrogens is 1. The van der Waals surface area contributed by atoms with Crippen molar-refractivity contribution < 1.29 is 5.11 Å². The van der Waals surface area contributed by atoms with E-state index in [-0.39, 0.29) is 12.6 Å². The molecule has 1 saturated carbocycles. The van der Waals surface area contributed by atoms with Gasteiger partial charge in [-0.25, -0.2) is 4.98 Å². The van der Waals surface area contributed by atoms with Gasteiger partial charge in [0.2, 0.25) is 0 Å². The Morgan fingerprint density at radius 1 is 1.45 bits per heavy atom. The van der Waals surface area contributed by atoms with Crippen LogP contribution >= 0.6 is 11.3 Å². The zero-order valence-corrected chi connectivity index (χ0v) is 12.5. The van der Waals surface area contributed by atoms with Crippen LogP contribution in [0.1, 0.15) is 53.6 Å². The Morgan fingerprint density at radius 2 is 2.30 bits per heavy atom. The largest absolute Gasteiger partial charge is 0.392 e. The van der Waals surface area contributed by atoms with Crippen LogP contribution in [0.5, 0.6) is 0 Å². The van der Waals surface area contributed by atoms with Gasteiger partial charge in [0, 0.05) is 23.9 Å². The molecule has 1 heterocycles. The zero-order valence-electron chi connectivity index (χ0n) is 11.7. The molecular weight excluding hydrogens is 268 g/mol. The number of hydrogen-bond acceptors (Lipinski definition) is 4. The van der Waals surface area contributed by atoms with Crippen LogP contribution in [0.2, 0.25) is 0 Å². The van der Waals surface area contributed by atoms with Crippen molar-refractivity contribution in [2.24, 2.45) is 0 Å². The molecule has 2 N–H and O–H groups in total. The molecule has 1 aliphatic rings. The summed E-state index contributed by atoms with van der Waals surface area (Å²) in [5.41, 5.74) is 3.44. The van der Waals surface area contributed by atoms with Gasteiger partial charge in [-0.3, -0.25) is 0 Å². The number of aliphatic hydroxyl groups excluding tert-OH is 1. The lowest BCUT2D eigenvalue weighted by Gasteiger charge is -2.14. The summed E-state index contributed by atoms with van der Waals surface area (Å²) in [7, 11) is 0. The van der Waals surface area contributed by atoms with Crippen LogP contribution in [0.15, 0.2) is 29.6 Å². The van der Waals surface area contributed by atoms with E-state index in [0.717, 1.165) is 23.0 Å². The number of benzene rings is 1. The van der Waals surface area contributed by atoms with Crippen molar-refractivity contribution in [1.29, 1.82) is 0 Å². The average molecular weight is 288 g/mol. The number of hydrogen-bond donors (Lipinski definition) is 2. The van der Waals surface area contributed by atoms with E-state index in [4.69, 9.17) is 0 Å². The zero-order chi connectivity index (χ0) is 13.9. The van der Waals surface area contributed by atoms with Crippen molar-refractivity contribution in [2.75, 3.05) is 0 Å². The topological polar surface area (TPSA) is 45.2 Å². The van der Waals surface area contributed by atoms with E-state index in [1.54, 1.807) is 11.3 Å². The molecule has 1 unspecified atom stereocenters. The van der Waals surface area contributed by atoms with E-state index in [1.165, 1.54) is 24.1 Å². The van der Waals surface area contributed by atoms with Gasteiger partial charge in [-0.2, -0.15) is 0 Å². The number of nitrogens with zero attached hydrogens (tertiary/aromatic N) is 1. The van der Waals surface area contributed by atoms with Crippen molar-refractivity contribution in [3.8, 4) is 0 Å². The molecule has 1 fully saturated rings. The molecule has 0 saturated heterocycles. The average Bonchev–Trinajstić information content (AvgIpc) is 3.24. The van der Waals surface area contributed by atoms with Gasteiger partial charge in [0.25, 0.3) is 0 Å². The molecule has 20 heavy (non-hydrogen) atoms. The molecule has 3 nitrogen and oxygen atoms in total. The first-order valence-corrected chi connectivity index (χ1v) is 8.01. The maximum Gasteiger partial charge on any atom is 0.107 e. The van der Waals surface area contributed by atoms with Gasteiger partial charge in [0.1, 0.15) is 5.01 Å². The predicted octanol–water partition coefficient (Wildman–Crippen LogP) is 3.36. The molecule has 1 aliphatic carbocycles. The highest BCUT2D eigenvalue weighted by molar-refractivity contribution is 7.09. The molecule has 1 atom stereocenters. The van der Waals surface area contributed by atoms with Crippen molar-refractivity contribution in [3.63, 3.8) is 0 Å². The first-order chi connectivity index (χ1) is 9.76. The molecule has 2 aromatic rings. The fourth-order valence-electron chi connectivity index (χ4n) is 2.29. The second kappa shape index (κ2) is 6.04. The first-order valence-electron chi connectivity index (χ1n) is 7.13. The van der Waals surface area contributed by atoms with Crippen LogP contribution in [-0.2, 0) is 13.2 Å². The van der Waals surface area contributed by atoms with Crippen LogP contribution in [0, 0.1) is 0 Å². The minimum atomic E-state index is 0.0950. The summed E-state index contributed by atoms with van der Waals surface area (Å²) in [4.78, 5) is 4.69. The molecule has 0 spiro atoms. The minimum Gasteiger partial charge on any atom is -0.392 e. The monoisotopic (exact) mass is 288 g/mol. The van der Waals surface area contributed by atoms with Gasteiger partial charge in [0.15, 0.2) is 0 Å². The Labute approximate surface area is 123 Å². The third-order valence-electron chi connectivity index (χ3n) is 3.76. The Balaban J connectivity index is 1.58. The number of thiazole rings is 1. The molecule has 3 rings (SSSR count). The van der Waals surface area contributed by atoms with Crippen LogP contribution in [0.25, 0.3) is 0 Å². The number of nitrogens with one attached hydrogen (secondary N) is 1. The lowest BCUT2D eigenvalue weighted by molar-refractivity contribution is 0.281. The molecule has 106 valence electrons. The summed E-state index contributed by atoms with van der Waals surface area (Å²) in [6.45, 7) is 3.05. The molecule has 4 heteroatoms.